The Labute approximate surface area is 121 Å². The molecule has 5 nitrogen and oxygen atoms in total. The second-order valence-corrected chi connectivity index (χ2v) is 4.16. The normalized spacial score (nSPS) is 12.5. The van der Waals surface area contributed by atoms with Crippen molar-refractivity contribution in [1.29, 1.82) is 0 Å². The molecule has 0 spiro atoms. The number of hydrogen-bond donors (Lipinski definition) is 1. The molecule has 0 fully saturated rings. The Balaban J connectivity index is 3.03. The molecule has 20 heavy (non-hydrogen) atoms. The molecule has 0 bridgehead atoms. The predicted octanol–water partition coefficient (Wildman–Crippen LogP) is 2.36. The smallest absolute Gasteiger partial charge is 0.176 e. The van der Waals surface area contributed by atoms with Gasteiger partial charge >= 0.3 is 0 Å². The Hall–Kier alpha value is -1.30. The van der Waals surface area contributed by atoms with Crippen molar-refractivity contribution in [2.45, 2.75) is 26.2 Å². The molecule has 0 saturated carbocycles. The van der Waals surface area contributed by atoms with Gasteiger partial charge in [0.05, 0.1) is 20.3 Å². The van der Waals surface area contributed by atoms with Crippen LogP contribution in [0.5, 0.6) is 11.5 Å². The van der Waals surface area contributed by atoms with Crippen molar-refractivity contribution in [3.05, 3.63) is 23.8 Å². The standard InChI is InChI=1S/C15H25NO4/c1-6-19-15(20-7-2)14(16-3)11-8-9-12(17-4)13(10-11)18-5/h8-10,14-16H,6-7H2,1-5H3. The maximum absolute atomic E-state index is 5.66. The third-order valence-corrected chi connectivity index (χ3v) is 3.01. The summed E-state index contributed by atoms with van der Waals surface area (Å²) in [6.45, 7) is 5.09. The largest absolute Gasteiger partial charge is 0.493 e. The fraction of sp³-hybridized carbons (Fsp3) is 0.600. The van der Waals surface area contributed by atoms with E-state index in [9.17, 15) is 0 Å². The monoisotopic (exact) mass is 283 g/mol. The van der Waals surface area contributed by atoms with Gasteiger partial charge in [-0.3, -0.25) is 0 Å². The molecule has 1 aromatic carbocycles. The third-order valence-electron chi connectivity index (χ3n) is 3.01. The molecule has 1 atom stereocenters. The minimum atomic E-state index is -0.340. The molecule has 1 N–H and O–H groups in total. The summed E-state index contributed by atoms with van der Waals surface area (Å²) in [4.78, 5) is 0. The van der Waals surface area contributed by atoms with E-state index in [4.69, 9.17) is 18.9 Å². The molecular formula is C15H25NO4. The van der Waals surface area contributed by atoms with Crippen molar-refractivity contribution >= 4 is 0 Å². The Morgan fingerprint density at radius 3 is 2.05 bits per heavy atom. The van der Waals surface area contributed by atoms with Gasteiger partial charge < -0.3 is 24.3 Å². The van der Waals surface area contributed by atoms with Gasteiger partial charge in [0.2, 0.25) is 0 Å². The summed E-state index contributed by atoms with van der Waals surface area (Å²) in [5, 5.41) is 3.23. The second-order valence-electron chi connectivity index (χ2n) is 4.16. The number of nitrogens with one attached hydrogen (secondary N) is 1. The van der Waals surface area contributed by atoms with Gasteiger partial charge in [-0.2, -0.15) is 0 Å². The van der Waals surface area contributed by atoms with Crippen LogP contribution in [0.25, 0.3) is 0 Å². The maximum atomic E-state index is 5.66. The number of methoxy groups -OCH3 is 2. The molecule has 0 aliphatic carbocycles. The van der Waals surface area contributed by atoms with Crippen molar-refractivity contribution in [1.82, 2.24) is 5.32 Å². The van der Waals surface area contributed by atoms with Gasteiger partial charge in [-0.25, -0.2) is 0 Å². The van der Waals surface area contributed by atoms with Gasteiger partial charge in [-0.15, -0.1) is 0 Å². The van der Waals surface area contributed by atoms with E-state index in [-0.39, 0.29) is 12.3 Å². The average Bonchev–Trinajstić information content (AvgIpc) is 2.48. The van der Waals surface area contributed by atoms with Crippen molar-refractivity contribution in [3.63, 3.8) is 0 Å². The molecule has 0 aromatic heterocycles. The van der Waals surface area contributed by atoms with Crippen molar-refractivity contribution in [2.75, 3.05) is 34.5 Å². The average molecular weight is 283 g/mol. The third kappa shape index (κ3) is 4.10. The molecule has 0 radical (unpaired) electrons. The van der Waals surface area contributed by atoms with E-state index in [1.54, 1.807) is 14.2 Å². The molecule has 1 unspecified atom stereocenters. The van der Waals surface area contributed by atoms with E-state index in [0.29, 0.717) is 24.7 Å². The zero-order valence-electron chi connectivity index (χ0n) is 12.9. The molecule has 1 rings (SSSR count). The quantitative estimate of drug-likeness (QED) is 0.705. The highest BCUT2D eigenvalue weighted by Crippen LogP contribution is 2.31. The zero-order valence-corrected chi connectivity index (χ0v) is 12.9. The fourth-order valence-electron chi connectivity index (χ4n) is 2.08. The number of likely N-dealkylation sites (N-methyl/N-ethyl adjacent to an activating group) is 1. The molecule has 0 amide bonds. The van der Waals surface area contributed by atoms with E-state index < -0.39 is 0 Å². The van der Waals surface area contributed by atoms with E-state index in [1.165, 1.54) is 0 Å². The second kappa shape index (κ2) is 8.79. The van der Waals surface area contributed by atoms with Crippen LogP contribution in [-0.2, 0) is 9.47 Å². The number of ether oxygens (including phenoxy) is 4. The van der Waals surface area contributed by atoms with Crippen LogP contribution >= 0.6 is 0 Å². The molecular weight excluding hydrogens is 258 g/mol. The molecule has 1 aromatic rings. The minimum absolute atomic E-state index is 0.0743. The van der Waals surface area contributed by atoms with Gasteiger partial charge in [0, 0.05) is 13.2 Å². The molecule has 0 aliphatic rings. The lowest BCUT2D eigenvalue weighted by atomic mass is 10.1. The highest BCUT2D eigenvalue weighted by atomic mass is 16.7. The topological polar surface area (TPSA) is 49.0 Å². The van der Waals surface area contributed by atoms with Crippen LogP contribution in [0.3, 0.4) is 0 Å². The summed E-state index contributed by atoms with van der Waals surface area (Å²) in [7, 11) is 5.13. The molecule has 0 saturated heterocycles. The van der Waals surface area contributed by atoms with Gasteiger partial charge in [0.15, 0.2) is 17.8 Å². The molecule has 0 heterocycles. The Kier molecular flexibility index (Phi) is 7.36. The van der Waals surface area contributed by atoms with Gasteiger partial charge in [-0.1, -0.05) is 6.07 Å². The summed E-state index contributed by atoms with van der Waals surface area (Å²) >= 11 is 0. The summed E-state index contributed by atoms with van der Waals surface area (Å²) < 4.78 is 21.9. The van der Waals surface area contributed by atoms with Crippen LogP contribution < -0.4 is 14.8 Å². The first-order valence-electron chi connectivity index (χ1n) is 6.84. The van der Waals surface area contributed by atoms with Gasteiger partial charge in [0.25, 0.3) is 0 Å². The first-order valence-corrected chi connectivity index (χ1v) is 6.84. The number of hydrogen-bond acceptors (Lipinski definition) is 5. The van der Waals surface area contributed by atoms with Crippen LogP contribution in [0.15, 0.2) is 18.2 Å². The minimum Gasteiger partial charge on any atom is -0.493 e. The molecule has 114 valence electrons. The van der Waals surface area contributed by atoms with Crippen LogP contribution in [0, 0.1) is 0 Å². The van der Waals surface area contributed by atoms with Crippen molar-refractivity contribution in [2.24, 2.45) is 0 Å². The molecule has 0 aliphatic heterocycles. The summed E-state index contributed by atoms with van der Waals surface area (Å²) in [5.41, 5.74) is 1.03. The highest BCUT2D eigenvalue weighted by Gasteiger charge is 2.23. The summed E-state index contributed by atoms with van der Waals surface area (Å²) in [5.74, 6) is 1.40. The Bertz CT molecular complexity index is 391. The molecule has 5 heteroatoms. The Morgan fingerprint density at radius 2 is 1.60 bits per heavy atom. The van der Waals surface area contributed by atoms with Gasteiger partial charge in [0.1, 0.15) is 0 Å². The fourth-order valence-corrected chi connectivity index (χ4v) is 2.08. The lowest BCUT2D eigenvalue weighted by molar-refractivity contribution is -0.154. The van der Waals surface area contributed by atoms with E-state index in [0.717, 1.165) is 5.56 Å². The van der Waals surface area contributed by atoms with Crippen LogP contribution in [0.2, 0.25) is 0 Å². The highest BCUT2D eigenvalue weighted by molar-refractivity contribution is 5.43. The zero-order chi connectivity index (χ0) is 15.0. The SMILES string of the molecule is CCOC(OCC)C(NC)c1ccc(OC)c(OC)c1. The maximum Gasteiger partial charge on any atom is 0.176 e. The Morgan fingerprint density at radius 1 is 1.00 bits per heavy atom. The van der Waals surface area contributed by atoms with Crippen LogP contribution in [0.1, 0.15) is 25.5 Å². The first-order chi connectivity index (χ1) is 9.71. The number of benzene rings is 1. The van der Waals surface area contributed by atoms with E-state index in [2.05, 4.69) is 5.32 Å². The summed E-state index contributed by atoms with van der Waals surface area (Å²) in [6, 6.07) is 5.72. The first kappa shape index (κ1) is 16.8. The number of rotatable bonds is 9. The van der Waals surface area contributed by atoms with Gasteiger partial charge in [-0.05, 0) is 38.6 Å². The van der Waals surface area contributed by atoms with Crippen LogP contribution in [0.4, 0.5) is 0 Å². The van der Waals surface area contributed by atoms with Crippen molar-refractivity contribution < 1.29 is 18.9 Å². The van der Waals surface area contributed by atoms with Crippen LogP contribution in [-0.4, -0.2) is 40.8 Å². The predicted molar refractivity (Wildman–Crippen MR) is 78.4 cm³/mol. The lowest BCUT2D eigenvalue weighted by Crippen LogP contribution is -2.34. The van der Waals surface area contributed by atoms with E-state index >= 15 is 0 Å². The summed E-state index contributed by atoms with van der Waals surface area (Å²) in [6.07, 6.45) is -0.340. The lowest BCUT2D eigenvalue weighted by Gasteiger charge is -2.27. The van der Waals surface area contributed by atoms with Crippen molar-refractivity contribution in [3.8, 4) is 11.5 Å². The van der Waals surface area contributed by atoms with E-state index in [1.807, 2.05) is 39.1 Å².